The zero-order chi connectivity index (χ0) is 20.1. The summed E-state index contributed by atoms with van der Waals surface area (Å²) in [4.78, 5) is 26.0. The molecule has 1 atom stereocenters. The van der Waals surface area contributed by atoms with Crippen molar-refractivity contribution >= 4 is 22.5 Å². The number of carbonyl (C=O) groups excluding carboxylic acids is 2. The summed E-state index contributed by atoms with van der Waals surface area (Å²) in [6.07, 6.45) is 1.25. The highest BCUT2D eigenvalue weighted by Crippen LogP contribution is 2.47. The van der Waals surface area contributed by atoms with Gasteiger partial charge in [0.2, 0.25) is 0 Å². The SMILES string of the molecule is COC(=O)C1=C(C)NC2=C(C(=O)CC(C)(C)C2)C1c1cccc2ccccc12. The highest BCUT2D eigenvalue weighted by Gasteiger charge is 2.43. The number of benzene rings is 2. The third-order valence-electron chi connectivity index (χ3n) is 5.78. The molecule has 28 heavy (non-hydrogen) atoms. The number of Topliss-reactive ketones (excluding diaryl/α,β-unsaturated/α-hetero) is 1. The molecule has 0 aromatic heterocycles. The van der Waals surface area contributed by atoms with Gasteiger partial charge < -0.3 is 10.1 Å². The van der Waals surface area contributed by atoms with Crippen molar-refractivity contribution in [3.8, 4) is 0 Å². The Bertz CT molecular complexity index is 1050. The Balaban J connectivity index is 2.00. The van der Waals surface area contributed by atoms with Crippen LogP contribution in [0.3, 0.4) is 0 Å². The summed E-state index contributed by atoms with van der Waals surface area (Å²) in [5.74, 6) is -0.712. The van der Waals surface area contributed by atoms with Gasteiger partial charge in [0.25, 0.3) is 0 Å². The number of nitrogens with one attached hydrogen (secondary N) is 1. The van der Waals surface area contributed by atoms with Crippen molar-refractivity contribution in [1.82, 2.24) is 5.32 Å². The summed E-state index contributed by atoms with van der Waals surface area (Å²) in [6, 6.07) is 14.1. The predicted molar refractivity (Wildman–Crippen MR) is 110 cm³/mol. The molecule has 4 rings (SSSR count). The lowest BCUT2D eigenvalue weighted by Crippen LogP contribution is -2.38. The summed E-state index contributed by atoms with van der Waals surface area (Å²) in [5.41, 5.74) is 3.79. The highest BCUT2D eigenvalue weighted by atomic mass is 16.5. The third kappa shape index (κ3) is 2.93. The van der Waals surface area contributed by atoms with Gasteiger partial charge in [0.05, 0.1) is 12.7 Å². The van der Waals surface area contributed by atoms with Gasteiger partial charge in [-0.2, -0.15) is 0 Å². The largest absolute Gasteiger partial charge is 0.466 e. The molecule has 2 aliphatic rings. The van der Waals surface area contributed by atoms with Gasteiger partial charge in [0, 0.05) is 29.3 Å². The molecule has 2 aromatic rings. The van der Waals surface area contributed by atoms with Crippen molar-refractivity contribution < 1.29 is 14.3 Å². The molecule has 0 spiro atoms. The molecule has 1 aliphatic heterocycles. The average Bonchev–Trinajstić information content (AvgIpc) is 2.65. The lowest BCUT2D eigenvalue weighted by Gasteiger charge is -2.39. The van der Waals surface area contributed by atoms with E-state index in [1.807, 2.05) is 31.2 Å². The molecule has 1 unspecified atom stereocenters. The summed E-state index contributed by atoms with van der Waals surface area (Å²) in [7, 11) is 1.39. The second-order valence-corrected chi connectivity index (χ2v) is 8.49. The van der Waals surface area contributed by atoms with Crippen LogP contribution in [-0.2, 0) is 14.3 Å². The topological polar surface area (TPSA) is 55.4 Å². The number of rotatable bonds is 2. The van der Waals surface area contributed by atoms with E-state index in [4.69, 9.17) is 4.74 Å². The first-order chi connectivity index (χ1) is 13.3. The Labute approximate surface area is 165 Å². The van der Waals surface area contributed by atoms with E-state index in [2.05, 4.69) is 37.4 Å². The number of dihydropyridines is 1. The number of ether oxygens (including phenoxy) is 1. The first-order valence-corrected chi connectivity index (χ1v) is 9.62. The maximum atomic E-state index is 13.3. The van der Waals surface area contributed by atoms with E-state index in [1.165, 1.54) is 7.11 Å². The Morgan fingerprint density at radius 3 is 2.57 bits per heavy atom. The fourth-order valence-corrected chi connectivity index (χ4v) is 4.63. The van der Waals surface area contributed by atoms with E-state index in [0.717, 1.165) is 34.2 Å². The molecular formula is C24H25NO3. The van der Waals surface area contributed by atoms with Crippen molar-refractivity contribution in [2.45, 2.75) is 39.5 Å². The number of ketones is 1. The molecule has 0 saturated heterocycles. The Morgan fingerprint density at radius 1 is 1.11 bits per heavy atom. The van der Waals surface area contributed by atoms with Crippen LogP contribution in [-0.4, -0.2) is 18.9 Å². The third-order valence-corrected chi connectivity index (χ3v) is 5.78. The first kappa shape index (κ1) is 18.5. The lowest BCUT2D eigenvalue weighted by molar-refractivity contribution is -0.136. The van der Waals surface area contributed by atoms with Crippen LogP contribution in [0.2, 0.25) is 0 Å². The van der Waals surface area contributed by atoms with Gasteiger partial charge in [-0.1, -0.05) is 56.3 Å². The van der Waals surface area contributed by atoms with Crippen LogP contribution in [0.5, 0.6) is 0 Å². The molecule has 144 valence electrons. The summed E-state index contributed by atoms with van der Waals surface area (Å²) in [6.45, 7) is 6.11. The van der Waals surface area contributed by atoms with Gasteiger partial charge in [-0.3, -0.25) is 4.79 Å². The minimum atomic E-state index is -0.418. The van der Waals surface area contributed by atoms with Gasteiger partial charge in [0.15, 0.2) is 5.78 Å². The van der Waals surface area contributed by atoms with Gasteiger partial charge in [-0.05, 0) is 35.1 Å². The molecule has 0 fully saturated rings. The molecule has 1 aliphatic carbocycles. The maximum absolute atomic E-state index is 13.3. The Hall–Kier alpha value is -2.88. The predicted octanol–water partition coefficient (Wildman–Crippen LogP) is 4.62. The standard InChI is InChI=1S/C24H25NO3/c1-14-20(23(27)28-4)21(17-11-7-9-15-8-5-6-10-16(15)17)22-18(25-14)12-24(2,3)13-19(22)26/h5-11,21,25H,12-13H2,1-4H3. The van der Waals surface area contributed by atoms with Crippen LogP contribution < -0.4 is 5.32 Å². The van der Waals surface area contributed by atoms with E-state index in [-0.39, 0.29) is 11.2 Å². The van der Waals surface area contributed by atoms with E-state index in [1.54, 1.807) is 0 Å². The van der Waals surface area contributed by atoms with Crippen LogP contribution in [0.15, 0.2) is 65.0 Å². The molecule has 0 radical (unpaired) electrons. The second kappa shape index (κ2) is 6.62. The van der Waals surface area contributed by atoms with Gasteiger partial charge in [-0.15, -0.1) is 0 Å². The van der Waals surface area contributed by atoms with Crippen LogP contribution in [0, 0.1) is 5.41 Å². The molecule has 0 saturated carbocycles. The quantitative estimate of drug-likeness (QED) is 0.779. The van der Waals surface area contributed by atoms with E-state index < -0.39 is 11.9 Å². The number of fused-ring (bicyclic) bond motifs is 1. The normalized spacial score (nSPS) is 21.4. The Morgan fingerprint density at radius 2 is 1.82 bits per heavy atom. The molecule has 1 heterocycles. The molecule has 0 amide bonds. The average molecular weight is 375 g/mol. The number of allylic oxidation sites excluding steroid dienone is 3. The van der Waals surface area contributed by atoms with Crippen LogP contribution >= 0.6 is 0 Å². The molecule has 0 bridgehead atoms. The van der Waals surface area contributed by atoms with Crippen molar-refractivity contribution in [3.05, 3.63) is 70.6 Å². The maximum Gasteiger partial charge on any atom is 0.336 e. The molecule has 2 aromatic carbocycles. The van der Waals surface area contributed by atoms with Crippen molar-refractivity contribution in [3.63, 3.8) is 0 Å². The monoisotopic (exact) mass is 375 g/mol. The zero-order valence-corrected chi connectivity index (χ0v) is 16.8. The smallest absolute Gasteiger partial charge is 0.336 e. The number of esters is 1. The van der Waals surface area contributed by atoms with Crippen molar-refractivity contribution in [1.29, 1.82) is 0 Å². The lowest BCUT2D eigenvalue weighted by atomic mass is 9.68. The van der Waals surface area contributed by atoms with Crippen LogP contribution in [0.25, 0.3) is 10.8 Å². The summed E-state index contributed by atoms with van der Waals surface area (Å²) < 4.78 is 5.11. The first-order valence-electron chi connectivity index (χ1n) is 9.62. The van der Waals surface area contributed by atoms with E-state index in [0.29, 0.717) is 17.6 Å². The molecule has 1 N–H and O–H groups in total. The zero-order valence-electron chi connectivity index (χ0n) is 16.8. The van der Waals surface area contributed by atoms with Crippen LogP contribution in [0.1, 0.15) is 45.1 Å². The van der Waals surface area contributed by atoms with E-state index in [9.17, 15) is 9.59 Å². The molecule has 4 heteroatoms. The van der Waals surface area contributed by atoms with E-state index >= 15 is 0 Å². The number of hydrogen-bond donors (Lipinski definition) is 1. The number of methoxy groups -OCH3 is 1. The highest BCUT2D eigenvalue weighted by molar-refractivity contribution is 6.05. The van der Waals surface area contributed by atoms with Gasteiger partial charge >= 0.3 is 5.97 Å². The van der Waals surface area contributed by atoms with Gasteiger partial charge in [-0.25, -0.2) is 4.79 Å². The number of hydrogen-bond acceptors (Lipinski definition) is 4. The Kier molecular flexibility index (Phi) is 4.37. The van der Waals surface area contributed by atoms with Gasteiger partial charge in [0.1, 0.15) is 0 Å². The van der Waals surface area contributed by atoms with Crippen molar-refractivity contribution in [2.24, 2.45) is 5.41 Å². The fraction of sp³-hybridized carbons (Fsp3) is 0.333. The van der Waals surface area contributed by atoms with Crippen molar-refractivity contribution in [2.75, 3.05) is 7.11 Å². The van der Waals surface area contributed by atoms with Crippen LogP contribution in [0.4, 0.5) is 0 Å². The minimum absolute atomic E-state index is 0.102. The molecule has 4 nitrogen and oxygen atoms in total. The molecular weight excluding hydrogens is 350 g/mol. The number of carbonyl (C=O) groups is 2. The summed E-state index contributed by atoms with van der Waals surface area (Å²) in [5, 5.41) is 5.50. The minimum Gasteiger partial charge on any atom is -0.466 e. The second-order valence-electron chi connectivity index (χ2n) is 8.49. The summed E-state index contributed by atoms with van der Waals surface area (Å²) >= 11 is 0. The fourth-order valence-electron chi connectivity index (χ4n) is 4.63.